The standard InChI is InChI=1S/C40H24Cl2F5N3O6/c1-16-5-4-6-21(33(16)51)26-19-13-14-20-25(36(53)49(35(20)52)18-11-9-17(10-12-18)34-48-23-7-2-3-8-24(23)56-34)22(19)15-39(41)37(54)50(38(55)40(26,39)42)32-30(46)28(44)27(43)29(45)31(32)47/h2-13,20,22,25-26,51H,14-15H2,1H3. The molecule has 1 saturated carbocycles. The van der Waals surface area contributed by atoms with Crippen LogP contribution in [0.4, 0.5) is 33.3 Å². The molecule has 6 atom stereocenters. The van der Waals surface area contributed by atoms with Crippen LogP contribution >= 0.6 is 23.2 Å². The third-order valence-electron chi connectivity index (χ3n) is 11.5. The number of halogens is 7. The lowest BCUT2D eigenvalue weighted by Crippen LogP contribution is -2.60. The molecule has 0 spiro atoms. The summed E-state index contributed by atoms with van der Waals surface area (Å²) in [6, 6.07) is 17.8. The average Bonchev–Trinajstić information content (AvgIpc) is 3.78. The van der Waals surface area contributed by atoms with Gasteiger partial charge < -0.3 is 9.52 Å². The fraction of sp³-hybridized carbons (Fsp3) is 0.225. The topological polar surface area (TPSA) is 121 Å². The van der Waals surface area contributed by atoms with Crippen molar-refractivity contribution >= 4 is 69.3 Å². The first-order valence-electron chi connectivity index (χ1n) is 17.2. The molecular formula is C40H24Cl2F5N3O6. The first kappa shape index (κ1) is 36.1. The van der Waals surface area contributed by atoms with E-state index in [1.165, 1.54) is 37.3 Å². The summed E-state index contributed by atoms with van der Waals surface area (Å²) < 4.78 is 79.6. The monoisotopic (exact) mass is 807 g/mol. The minimum Gasteiger partial charge on any atom is -0.507 e. The Hall–Kier alpha value is -5.60. The number of hydrogen-bond donors (Lipinski definition) is 1. The summed E-state index contributed by atoms with van der Waals surface area (Å²) in [5.74, 6) is -21.9. The van der Waals surface area contributed by atoms with Gasteiger partial charge in [0.05, 0.1) is 17.5 Å². The van der Waals surface area contributed by atoms with Crippen LogP contribution in [0.1, 0.15) is 29.9 Å². The molecule has 2 aliphatic heterocycles. The zero-order chi connectivity index (χ0) is 39.7. The molecule has 2 aliphatic carbocycles. The summed E-state index contributed by atoms with van der Waals surface area (Å²) in [6.07, 6.45) is 0.824. The summed E-state index contributed by atoms with van der Waals surface area (Å²) in [5.41, 5.74) is 0.505. The van der Waals surface area contributed by atoms with Crippen LogP contribution in [0.3, 0.4) is 0 Å². The number of para-hydroxylation sites is 3. The van der Waals surface area contributed by atoms with E-state index in [9.17, 15) is 37.5 Å². The van der Waals surface area contributed by atoms with Gasteiger partial charge in [-0.3, -0.25) is 24.1 Å². The van der Waals surface area contributed by atoms with Crippen molar-refractivity contribution in [1.29, 1.82) is 0 Å². The van der Waals surface area contributed by atoms with E-state index in [0.29, 0.717) is 22.6 Å². The van der Waals surface area contributed by atoms with Gasteiger partial charge in [-0.1, -0.05) is 42.0 Å². The number of phenols is 1. The highest BCUT2D eigenvalue weighted by Crippen LogP contribution is 2.67. The first-order valence-corrected chi connectivity index (χ1v) is 18.0. The quantitative estimate of drug-likeness (QED) is 0.0489. The molecule has 0 radical (unpaired) electrons. The first-order chi connectivity index (χ1) is 26.6. The van der Waals surface area contributed by atoms with E-state index in [1.54, 1.807) is 36.4 Å². The van der Waals surface area contributed by atoms with Gasteiger partial charge in [-0.25, -0.2) is 31.8 Å². The van der Waals surface area contributed by atoms with Crippen molar-refractivity contribution in [2.75, 3.05) is 9.80 Å². The van der Waals surface area contributed by atoms with Gasteiger partial charge in [0.15, 0.2) is 38.6 Å². The second-order valence-corrected chi connectivity index (χ2v) is 15.5. The molecule has 1 aromatic heterocycles. The SMILES string of the molecule is Cc1cccc(C2C3=CCC4C(=O)N(c5ccc(-c6nc7ccccc7o6)cc5)C(=O)C4C3CC3(Cl)C(=O)N(c4c(F)c(F)c(F)c(F)c4F)C(=O)C23Cl)c1O. The number of hydrogen-bond acceptors (Lipinski definition) is 7. The molecule has 3 heterocycles. The Bertz CT molecular complexity index is 2590. The van der Waals surface area contributed by atoms with Gasteiger partial charge in [0.2, 0.25) is 23.5 Å². The largest absolute Gasteiger partial charge is 0.507 e. The number of carbonyl (C=O) groups is 4. The van der Waals surface area contributed by atoms with E-state index in [4.69, 9.17) is 27.6 Å². The molecule has 56 heavy (non-hydrogen) atoms. The maximum absolute atomic E-state index is 15.3. The number of carbonyl (C=O) groups excluding carboxylic acids is 4. The molecule has 4 aromatic carbocycles. The Morgan fingerprint density at radius 1 is 0.786 bits per heavy atom. The fourth-order valence-corrected chi connectivity index (χ4v) is 9.76. The summed E-state index contributed by atoms with van der Waals surface area (Å²) in [7, 11) is 0. The normalized spacial score (nSPS) is 27.2. The van der Waals surface area contributed by atoms with Crippen LogP contribution in [0.5, 0.6) is 5.75 Å². The van der Waals surface area contributed by atoms with Crippen LogP contribution < -0.4 is 9.80 Å². The van der Waals surface area contributed by atoms with Crippen LogP contribution in [-0.4, -0.2) is 43.5 Å². The Morgan fingerprint density at radius 3 is 2.12 bits per heavy atom. The smallest absolute Gasteiger partial charge is 0.258 e. The van der Waals surface area contributed by atoms with E-state index in [-0.39, 0.29) is 33.7 Å². The third-order valence-corrected chi connectivity index (χ3v) is 12.9. The molecule has 4 aliphatic rings. The lowest BCUT2D eigenvalue weighted by molar-refractivity contribution is -0.125. The number of imide groups is 2. The number of oxazole rings is 1. The van der Waals surface area contributed by atoms with Gasteiger partial charge in [0, 0.05) is 17.0 Å². The average molecular weight is 809 g/mol. The number of aromatic nitrogens is 1. The van der Waals surface area contributed by atoms with E-state index < -0.39 is 104 Å². The minimum atomic E-state index is -2.75. The van der Waals surface area contributed by atoms with Crippen molar-refractivity contribution in [3.63, 3.8) is 0 Å². The van der Waals surface area contributed by atoms with Gasteiger partial charge in [-0.15, -0.1) is 23.2 Å². The number of aromatic hydroxyl groups is 1. The lowest BCUT2D eigenvalue weighted by atomic mass is 9.56. The number of allylic oxidation sites excluding steroid dienone is 2. The van der Waals surface area contributed by atoms with E-state index in [0.717, 1.165) is 4.90 Å². The maximum atomic E-state index is 15.3. The van der Waals surface area contributed by atoms with Gasteiger partial charge in [-0.05, 0) is 67.6 Å². The molecule has 4 amide bonds. The van der Waals surface area contributed by atoms with Crippen LogP contribution in [-0.2, 0) is 19.2 Å². The van der Waals surface area contributed by atoms with Crippen molar-refractivity contribution < 1.29 is 50.7 Å². The van der Waals surface area contributed by atoms with Gasteiger partial charge in [-0.2, -0.15) is 0 Å². The molecular weight excluding hydrogens is 784 g/mol. The summed E-state index contributed by atoms with van der Waals surface area (Å²) in [5, 5.41) is 11.4. The van der Waals surface area contributed by atoms with Crippen molar-refractivity contribution in [1.82, 2.24) is 4.98 Å². The molecule has 3 fully saturated rings. The van der Waals surface area contributed by atoms with Crippen molar-refractivity contribution in [3.05, 3.63) is 119 Å². The van der Waals surface area contributed by atoms with E-state index in [2.05, 4.69) is 4.98 Å². The molecule has 284 valence electrons. The second kappa shape index (κ2) is 12.2. The van der Waals surface area contributed by atoms with E-state index >= 15 is 8.78 Å². The Kier molecular flexibility index (Phi) is 7.86. The van der Waals surface area contributed by atoms with Gasteiger partial charge in [0.25, 0.3) is 11.8 Å². The number of rotatable bonds is 4. The number of nitrogens with zero attached hydrogens (tertiary/aromatic N) is 3. The number of alkyl halides is 2. The third kappa shape index (κ3) is 4.56. The van der Waals surface area contributed by atoms with Gasteiger partial charge in [0.1, 0.15) is 17.0 Å². The Labute approximate surface area is 322 Å². The number of benzene rings is 4. The highest BCUT2D eigenvalue weighted by Gasteiger charge is 2.77. The molecule has 0 bridgehead atoms. The van der Waals surface area contributed by atoms with Crippen LogP contribution in [0.15, 0.2) is 82.8 Å². The van der Waals surface area contributed by atoms with Crippen molar-refractivity contribution in [2.24, 2.45) is 17.8 Å². The lowest BCUT2D eigenvalue weighted by Gasteiger charge is -2.50. The van der Waals surface area contributed by atoms with Crippen LogP contribution in [0, 0.1) is 53.8 Å². The minimum absolute atomic E-state index is 0.0621. The number of phenolic OH excluding ortho intramolecular Hbond substituents is 1. The second-order valence-electron chi connectivity index (χ2n) is 14.3. The van der Waals surface area contributed by atoms with Gasteiger partial charge >= 0.3 is 0 Å². The molecule has 9 rings (SSSR count). The number of fused-ring (bicyclic) bond motifs is 5. The molecule has 16 heteroatoms. The maximum Gasteiger partial charge on any atom is 0.258 e. The van der Waals surface area contributed by atoms with Crippen molar-refractivity contribution in [3.8, 4) is 17.2 Å². The predicted octanol–water partition coefficient (Wildman–Crippen LogP) is 7.97. The number of anilines is 2. The number of amides is 4. The fourth-order valence-electron chi connectivity index (χ4n) is 8.83. The number of aryl methyl sites for hydroxylation is 1. The molecule has 1 N–H and O–H groups in total. The highest BCUT2D eigenvalue weighted by atomic mass is 35.5. The predicted molar refractivity (Wildman–Crippen MR) is 191 cm³/mol. The van der Waals surface area contributed by atoms with Crippen molar-refractivity contribution in [2.45, 2.75) is 35.4 Å². The Balaban J connectivity index is 1.15. The summed E-state index contributed by atoms with van der Waals surface area (Å²) >= 11 is 14.3. The molecule has 5 aromatic rings. The summed E-state index contributed by atoms with van der Waals surface area (Å²) in [6.45, 7) is 1.52. The zero-order valence-corrected chi connectivity index (χ0v) is 30.1. The highest BCUT2D eigenvalue weighted by molar-refractivity contribution is 6.58. The molecule has 6 unspecified atom stereocenters. The van der Waals surface area contributed by atoms with E-state index in [1.807, 2.05) is 6.07 Å². The van der Waals surface area contributed by atoms with Crippen LogP contribution in [0.2, 0.25) is 0 Å². The Morgan fingerprint density at radius 2 is 1.45 bits per heavy atom. The zero-order valence-electron chi connectivity index (χ0n) is 28.6. The van der Waals surface area contributed by atoms with Crippen LogP contribution in [0.25, 0.3) is 22.6 Å². The molecule has 2 saturated heterocycles. The molecule has 9 nitrogen and oxygen atoms in total. The summed E-state index contributed by atoms with van der Waals surface area (Å²) in [4.78, 5) is 57.2.